The predicted molar refractivity (Wildman–Crippen MR) is 63.0 cm³/mol. The fourth-order valence-electron chi connectivity index (χ4n) is 2.56. The third-order valence-electron chi connectivity index (χ3n) is 3.63. The van der Waals surface area contributed by atoms with Crippen molar-refractivity contribution in [3.8, 4) is 0 Å². The normalized spacial score (nSPS) is 18.5. The van der Waals surface area contributed by atoms with Crippen LogP contribution in [0.25, 0.3) is 0 Å². The molecule has 0 spiro atoms. The molecule has 1 atom stereocenters. The molecule has 2 rings (SSSR count). The molecule has 1 fully saturated rings. The monoisotopic (exact) mass is 204 g/mol. The molecule has 0 aliphatic heterocycles. The summed E-state index contributed by atoms with van der Waals surface area (Å²) in [7, 11) is 0. The second kappa shape index (κ2) is 4.80. The smallest absolute Gasteiger partial charge is 0.0436 e. The quantitative estimate of drug-likeness (QED) is 0.798. The highest BCUT2D eigenvalue weighted by Crippen LogP contribution is 2.41. The van der Waals surface area contributed by atoms with E-state index in [-0.39, 0.29) is 0 Å². The molecular formula is C14H20O. The molecule has 1 saturated carbocycles. The van der Waals surface area contributed by atoms with Gasteiger partial charge in [-0.1, -0.05) is 36.2 Å². The summed E-state index contributed by atoms with van der Waals surface area (Å²) in [5.74, 6) is 1.41. The molecule has 1 unspecified atom stereocenters. The van der Waals surface area contributed by atoms with Gasteiger partial charge < -0.3 is 5.11 Å². The Bertz CT molecular complexity index is 315. The molecule has 1 aliphatic rings. The van der Waals surface area contributed by atoms with E-state index in [4.69, 9.17) is 5.11 Å². The standard InChI is InChI=1S/C14H20O/c1-11-4-2-7-13(10-11)14(8-9-15)12-5-3-6-12/h2,4,7,10,12,14-15H,3,5-6,8-9H2,1H3. The zero-order valence-electron chi connectivity index (χ0n) is 9.45. The number of aliphatic hydroxyl groups is 1. The van der Waals surface area contributed by atoms with Gasteiger partial charge in [0.15, 0.2) is 0 Å². The Morgan fingerprint density at radius 1 is 1.40 bits per heavy atom. The lowest BCUT2D eigenvalue weighted by Gasteiger charge is -2.34. The van der Waals surface area contributed by atoms with Crippen LogP contribution in [-0.4, -0.2) is 11.7 Å². The van der Waals surface area contributed by atoms with E-state index >= 15 is 0 Å². The molecule has 0 amide bonds. The maximum atomic E-state index is 9.14. The maximum Gasteiger partial charge on any atom is 0.0436 e. The Balaban J connectivity index is 2.15. The van der Waals surface area contributed by atoms with Gasteiger partial charge in [0.25, 0.3) is 0 Å². The topological polar surface area (TPSA) is 20.2 Å². The Hall–Kier alpha value is -0.820. The van der Waals surface area contributed by atoms with Crippen LogP contribution in [0.3, 0.4) is 0 Å². The second-order valence-electron chi connectivity index (χ2n) is 4.72. The highest BCUT2D eigenvalue weighted by Gasteiger charge is 2.27. The van der Waals surface area contributed by atoms with Gasteiger partial charge in [-0.05, 0) is 43.6 Å². The van der Waals surface area contributed by atoms with Gasteiger partial charge in [-0.15, -0.1) is 0 Å². The molecular weight excluding hydrogens is 184 g/mol. The summed E-state index contributed by atoms with van der Waals surface area (Å²) in [6.07, 6.45) is 4.99. The summed E-state index contributed by atoms with van der Waals surface area (Å²) in [4.78, 5) is 0. The van der Waals surface area contributed by atoms with E-state index in [1.54, 1.807) is 0 Å². The van der Waals surface area contributed by atoms with Gasteiger partial charge in [-0.25, -0.2) is 0 Å². The van der Waals surface area contributed by atoms with E-state index in [0.29, 0.717) is 12.5 Å². The number of benzene rings is 1. The lowest BCUT2D eigenvalue weighted by atomic mass is 9.71. The van der Waals surface area contributed by atoms with Crippen molar-refractivity contribution in [3.05, 3.63) is 35.4 Å². The van der Waals surface area contributed by atoms with Crippen molar-refractivity contribution in [2.45, 2.75) is 38.5 Å². The van der Waals surface area contributed by atoms with Crippen LogP contribution in [0.4, 0.5) is 0 Å². The molecule has 0 radical (unpaired) electrons. The SMILES string of the molecule is Cc1cccc(C(CCO)C2CCC2)c1. The molecule has 1 nitrogen and oxygen atoms in total. The van der Waals surface area contributed by atoms with Crippen LogP contribution in [0.15, 0.2) is 24.3 Å². The highest BCUT2D eigenvalue weighted by molar-refractivity contribution is 5.26. The lowest BCUT2D eigenvalue weighted by Crippen LogP contribution is -2.21. The number of rotatable bonds is 4. The summed E-state index contributed by atoms with van der Waals surface area (Å²) in [6, 6.07) is 8.76. The van der Waals surface area contributed by atoms with E-state index in [9.17, 15) is 0 Å². The minimum Gasteiger partial charge on any atom is -0.396 e. The van der Waals surface area contributed by atoms with Crippen LogP contribution in [0.2, 0.25) is 0 Å². The average Bonchev–Trinajstić information content (AvgIpc) is 2.14. The molecule has 1 heteroatoms. The van der Waals surface area contributed by atoms with Gasteiger partial charge in [0, 0.05) is 6.61 Å². The predicted octanol–water partition coefficient (Wildman–Crippen LogP) is 3.26. The van der Waals surface area contributed by atoms with Crippen LogP contribution in [0.1, 0.15) is 42.7 Å². The van der Waals surface area contributed by atoms with E-state index < -0.39 is 0 Å². The number of aliphatic hydroxyl groups excluding tert-OH is 1. The molecule has 0 saturated heterocycles. The van der Waals surface area contributed by atoms with Crippen LogP contribution in [0.5, 0.6) is 0 Å². The average molecular weight is 204 g/mol. The largest absolute Gasteiger partial charge is 0.396 e. The minimum absolute atomic E-state index is 0.315. The first kappa shape index (κ1) is 10.7. The molecule has 1 aromatic carbocycles. The summed E-state index contributed by atoms with van der Waals surface area (Å²) in [5.41, 5.74) is 2.75. The second-order valence-corrected chi connectivity index (χ2v) is 4.72. The Morgan fingerprint density at radius 2 is 2.20 bits per heavy atom. The van der Waals surface area contributed by atoms with Gasteiger partial charge in [0.1, 0.15) is 0 Å². The van der Waals surface area contributed by atoms with E-state index in [2.05, 4.69) is 31.2 Å². The fourth-order valence-corrected chi connectivity index (χ4v) is 2.56. The van der Waals surface area contributed by atoms with Crippen LogP contribution in [0, 0.1) is 12.8 Å². The van der Waals surface area contributed by atoms with Crippen molar-refractivity contribution >= 4 is 0 Å². The minimum atomic E-state index is 0.315. The van der Waals surface area contributed by atoms with E-state index in [1.165, 1.54) is 30.4 Å². The summed E-state index contributed by atoms with van der Waals surface area (Å²) < 4.78 is 0. The molecule has 1 N–H and O–H groups in total. The van der Waals surface area contributed by atoms with Crippen molar-refractivity contribution in [1.82, 2.24) is 0 Å². The molecule has 82 valence electrons. The third kappa shape index (κ3) is 2.40. The Labute approximate surface area is 92.1 Å². The van der Waals surface area contributed by atoms with Crippen molar-refractivity contribution in [3.63, 3.8) is 0 Å². The summed E-state index contributed by atoms with van der Waals surface area (Å²) >= 11 is 0. The lowest BCUT2D eigenvalue weighted by molar-refractivity contribution is 0.206. The molecule has 0 bridgehead atoms. The Kier molecular flexibility index (Phi) is 3.42. The van der Waals surface area contributed by atoms with Crippen molar-refractivity contribution in [2.75, 3.05) is 6.61 Å². The van der Waals surface area contributed by atoms with Gasteiger partial charge in [0.2, 0.25) is 0 Å². The van der Waals surface area contributed by atoms with Crippen molar-refractivity contribution in [1.29, 1.82) is 0 Å². The Morgan fingerprint density at radius 3 is 2.73 bits per heavy atom. The third-order valence-corrected chi connectivity index (χ3v) is 3.63. The van der Waals surface area contributed by atoms with Gasteiger partial charge >= 0.3 is 0 Å². The number of aryl methyl sites for hydroxylation is 1. The molecule has 0 aromatic heterocycles. The van der Waals surface area contributed by atoms with Crippen LogP contribution < -0.4 is 0 Å². The van der Waals surface area contributed by atoms with Crippen molar-refractivity contribution in [2.24, 2.45) is 5.92 Å². The summed E-state index contributed by atoms with van der Waals surface area (Å²) in [6.45, 7) is 2.45. The molecule has 1 aromatic rings. The van der Waals surface area contributed by atoms with Gasteiger partial charge in [-0.3, -0.25) is 0 Å². The zero-order chi connectivity index (χ0) is 10.7. The van der Waals surface area contributed by atoms with Gasteiger partial charge in [-0.2, -0.15) is 0 Å². The molecule has 15 heavy (non-hydrogen) atoms. The van der Waals surface area contributed by atoms with E-state index in [0.717, 1.165) is 12.3 Å². The highest BCUT2D eigenvalue weighted by atomic mass is 16.3. The van der Waals surface area contributed by atoms with Gasteiger partial charge in [0.05, 0.1) is 0 Å². The maximum absolute atomic E-state index is 9.14. The molecule has 0 heterocycles. The first-order valence-corrected chi connectivity index (χ1v) is 5.98. The first-order chi connectivity index (χ1) is 7.31. The molecule has 1 aliphatic carbocycles. The fraction of sp³-hybridized carbons (Fsp3) is 0.571. The zero-order valence-corrected chi connectivity index (χ0v) is 9.45. The van der Waals surface area contributed by atoms with Crippen LogP contribution in [-0.2, 0) is 0 Å². The first-order valence-electron chi connectivity index (χ1n) is 5.98. The number of hydrogen-bond donors (Lipinski definition) is 1. The van der Waals surface area contributed by atoms with Crippen molar-refractivity contribution < 1.29 is 5.11 Å². The number of hydrogen-bond acceptors (Lipinski definition) is 1. The van der Waals surface area contributed by atoms with Crippen LogP contribution >= 0.6 is 0 Å². The van der Waals surface area contributed by atoms with E-state index in [1.807, 2.05) is 0 Å². The summed E-state index contributed by atoms with van der Waals surface area (Å²) in [5, 5.41) is 9.14.